The molecule has 8 nitrogen and oxygen atoms in total. The number of aliphatic carboxylic acids is 1. The number of carbonyl (C=O) groups is 3. The third kappa shape index (κ3) is 5.29. The molecule has 5 N–H and O–H groups in total. The maximum absolute atomic E-state index is 12.4. The molecule has 1 aromatic carbocycles. The summed E-state index contributed by atoms with van der Waals surface area (Å²) in [5.74, 6) is -1.37. The molecule has 1 atom stereocenters. The molecule has 160 valence electrons. The van der Waals surface area contributed by atoms with E-state index in [0.29, 0.717) is 45.1 Å². The molecule has 0 spiro atoms. The van der Waals surface area contributed by atoms with E-state index in [1.54, 1.807) is 24.3 Å². The van der Waals surface area contributed by atoms with E-state index in [9.17, 15) is 14.4 Å². The van der Waals surface area contributed by atoms with Crippen molar-refractivity contribution in [2.24, 2.45) is 5.73 Å². The standard InChI is InChI=1S/C20H23ClN4O4S/c1-25(9-2-3-16(26)27)10-8-14-15(11-25)30-19(17(14)18(22)28)24-20(29)23-13-6-4-12(21)5-7-13/h4-7H,2-3,8-11H2,1H3,(H4-,22,23,24,26,27,28,29)/p+1. The van der Waals surface area contributed by atoms with Gasteiger partial charge in [0, 0.05) is 23.6 Å². The number of nitrogens with two attached hydrogens (primary N) is 1. The Bertz CT molecular complexity index is 976. The number of nitrogens with zero attached hydrogens (tertiary/aromatic N) is 1. The van der Waals surface area contributed by atoms with Crippen LogP contribution in [-0.2, 0) is 17.8 Å². The minimum absolute atomic E-state index is 0.134. The summed E-state index contributed by atoms with van der Waals surface area (Å²) in [6, 6.07) is 6.21. The van der Waals surface area contributed by atoms with Gasteiger partial charge in [0.1, 0.15) is 11.5 Å². The minimum atomic E-state index is -0.801. The van der Waals surface area contributed by atoms with Crippen molar-refractivity contribution in [1.82, 2.24) is 0 Å². The van der Waals surface area contributed by atoms with Crippen LogP contribution in [0.25, 0.3) is 0 Å². The lowest BCUT2D eigenvalue weighted by atomic mass is 10.0. The molecule has 0 aliphatic carbocycles. The monoisotopic (exact) mass is 451 g/mol. The van der Waals surface area contributed by atoms with Gasteiger partial charge in [-0.25, -0.2) is 4.79 Å². The molecule has 1 unspecified atom stereocenters. The number of hydrogen-bond donors (Lipinski definition) is 4. The molecule has 0 saturated carbocycles. The van der Waals surface area contributed by atoms with E-state index in [2.05, 4.69) is 17.7 Å². The highest BCUT2D eigenvalue weighted by molar-refractivity contribution is 7.17. The molecule has 2 aromatic rings. The largest absolute Gasteiger partial charge is 0.481 e. The normalized spacial score (nSPS) is 17.8. The number of benzene rings is 1. The molecular weight excluding hydrogens is 428 g/mol. The topological polar surface area (TPSA) is 122 Å². The second-order valence-corrected chi connectivity index (χ2v) is 9.17. The van der Waals surface area contributed by atoms with Crippen molar-refractivity contribution >= 4 is 51.5 Å². The van der Waals surface area contributed by atoms with Gasteiger partial charge in [-0.2, -0.15) is 0 Å². The van der Waals surface area contributed by atoms with Crippen LogP contribution in [-0.4, -0.2) is 47.6 Å². The second-order valence-electron chi connectivity index (χ2n) is 7.63. The van der Waals surface area contributed by atoms with Crippen LogP contribution in [0.2, 0.25) is 5.02 Å². The summed E-state index contributed by atoms with van der Waals surface area (Å²) in [6.45, 7) is 2.18. The molecule has 30 heavy (non-hydrogen) atoms. The zero-order valence-corrected chi connectivity index (χ0v) is 18.1. The molecule has 3 amide bonds. The molecule has 0 radical (unpaired) electrons. The van der Waals surface area contributed by atoms with Gasteiger partial charge in [0.15, 0.2) is 0 Å². The average molecular weight is 452 g/mol. The fraction of sp³-hybridized carbons (Fsp3) is 0.350. The van der Waals surface area contributed by atoms with Crippen molar-refractivity contribution in [3.63, 3.8) is 0 Å². The fourth-order valence-corrected chi connectivity index (χ4v) is 5.21. The lowest BCUT2D eigenvalue weighted by molar-refractivity contribution is -0.924. The van der Waals surface area contributed by atoms with Gasteiger partial charge in [0.25, 0.3) is 5.91 Å². The summed E-state index contributed by atoms with van der Waals surface area (Å²) in [5, 5.41) is 15.3. The van der Waals surface area contributed by atoms with E-state index in [0.717, 1.165) is 23.5 Å². The Hall–Kier alpha value is -2.62. The number of likely N-dealkylation sites (N-methyl/N-ethyl adjacent to an activating group) is 1. The van der Waals surface area contributed by atoms with E-state index in [-0.39, 0.29) is 6.42 Å². The maximum Gasteiger partial charge on any atom is 0.324 e. The van der Waals surface area contributed by atoms with Crippen LogP contribution in [0.4, 0.5) is 15.5 Å². The Morgan fingerprint density at radius 1 is 1.23 bits per heavy atom. The lowest BCUT2D eigenvalue weighted by Crippen LogP contribution is -2.48. The molecule has 3 rings (SSSR count). The van der Waals surface area contributed by atoms with Gasteiger partial charge in [-0.1, -0.05) is 11.6 Å². The molecule has 0 bridgehead atoms. The van der Waals surface area contributed by atoms with Crippen LogP contribution in [0.15, 0.2) is 24.3 Å². The number of fused-ring (bicyclic) bond motifs is 1. The molecule has 10 heteroatoms. The Morgan fingerprint density at radius 3 is 2.57 bits per heavy atom. The lowest BCUT2D eigenvalue weighted by Gasteiger charge is -2.37. The third-order valence-electron chi connectivity index (χ3n) is 5.18. The Labute approximate surface area is 183 Å². The molecule has 0 fully saturated rings. The first-order valence-corrected chi connectivity index (χ1v) is 10.7. The minimum Gasteiger partial charge on any atom is -0.481 e. The number of halogens is 1. The van der Waals surface area contributed by atoms with Crippen molar-refractivity contribution in [2.45, 2.75) is 25.8 Å². The summed E-state index contributed by atoms with van der Waals surface area (Å²) in [6.07, 6.45) is 1.37. The zero-order valence-electron chi connectivity index (χ0n) is 16.5. The Kier molecular flexibility index (Phi) is 6.64. The van der Waals surface area contributed by atoms with Crippen LogP contribution in [0.3, 0.4) is 0 Å². The molecular formula is C20H24ClN4O4S+. The summed E-state index contributed by atoms with van der Waals surface area (Å²) < 4.78 is 0.690. The number of anilines is 2. The fourth-order valence-electron chi connectivity index (χ4n) is 3.66. The first-order valence-electron chi connectivity index (χ1n) is 9.50. The molecule has 1 aromatic heterocycles. The van der Waals surface area contributed by atoms with Crippen LogP contribution < -0.4 is 16.4 Å². The third-order valence-corrected chi connectivity index (χ3v) is 6.57. The summed E-state index contributed by atoms with van der Waals surface area (Å²) in [5.41, 5.74) is 7.43. The molecule has 2 heterocycles. The Balaban J connectivity index is 1.75. The smallest absolute Gasteiger partial charge is 0.324 e. The van der Waals surface area contributed by atoms with Crippen molar-refractivity contribution in [3.8, 4) is 0 Å². The number of carboxylic acid groups (broad SMARTS) is 1. The summed E-state index contributed by atoms with van der Waals surface area (Å²) >= 11 is 7.20. The van der Waals surface area contributed by atoms with E-state index < -0.39 is 17.9 Å². The number of amides is 3. The highest BCUT2D eigenvalue weighted by atomic mass is 35.5. The average Bonchev–Trinajstić information content (AvgIpc) is 2.99. The number of urea groups is 1. The van der Waals surface area contributed by atoms with Gasteiger partial charge in [-0.3, -0.25) is 14.9 Å². The highest BCUT2D eigenvalue weighted by Gasteiger charge is 2.34. The molecule has 1 aliphatic rings. The van der Waals surface area contributed by atoms with Crippen LogP contribution in [0, 0.1) is 0 Å². The van der Waals surface area contributed by atoms with Gasteiger partial charge in [0.05, 0.1) is 37.0 Å². The molecule has 1 aliphatic heterocycles. The summed E-state index contributed by atoms with van der Waals surface area (Å²) in [7, 11) is 2.08. The van der Waals surface area contributed by atoms with E-state index in [1.807, 2.05) is 0 Å². The van der Waals surface area contributed by atoms with Crippen LogP contribution >= 0.6 is 22.9 Å². The number of thiophene rings is 1. The highest BCUT2D eigenvalue weighted by Crippen LogP contribution is 2.38. The van der Waals surface area contributed by atoms with Crippen molar-refractivity contribution < 1.29 is 24.0 Å². The van der Waals surface area contributed by atoms with Crippen molar-refractivity contribution in [1.29, 1.82) is 0 Å². The van der Waals surface area contributed by atoms with E-state index >= 15 is 0 Å². The van der Waals surface area contributed by atoms with E-state index in [4.69, 9.17) is 22.4 Å². The van der Waals surface area contributed by atoms with Gasteiger partial charge < -0.3 is 20.6 Å². The number of carbonyl (C=O) groups excluding carboxylic acids is 2. The van der Waals surface area contributed by atoms with Gasteiger partial charge in [-0.15, -0.1) is 11.3 Å². The van der Waals surface area contributed by atoms with Crippen molar-refractivity contribution in [2.75, 3.05) is 30.8 Å². The number of carboxylic acids is 1. The zero-order chi connectivity index (χ0) is 21.9. The number of nitrogens with one attached hydrogen (secondary N) is 2. The predicted octanol–water partition coefficient (Wildman–Crippen LogP) is 3.51. The Morgan fingerprint density at radius 2 is 1.93 bits per heavy atom. The maximum atomic E-state index is 12.4. The van der Waals surface area contributed by atoms with Gasteiger partial charge in [0.2, 0.25) is 0 Å². The number of primary amides is 1. The van der Waals surface area contributed by atoms with Gasteiger partial charge >= 0.3 is 12.0 Å². The number of quaternary nitrogens is 1. The SMILES string of the molecule is C[N+]1(CCCC(=O)O)CCc2c(sc(NC(=O)Nc3ccc(Cl)cc3)c2C(N)=O)C1. The first-order chi connectivity index (χ1) is 14.2. The predicted molar refractivity (Wildman–Crippen MR) is 117 cm³/mol. The van der Waals surface area contributed by atoms with Crippen LogP contribution in [0.5, 0.6) is 0 Å². The second kappa shape index (κ2) is 9.03. The van der Waals surface area contributed by atoms with E-state index in [1.165, 1.54) is 11.3 Å². The number of hydrogen-bond acceptors (Lipinski definition) is 4. The number of rotatable bonds is 7. The summed E-state index contributed by atoms with van der Waals surface area (Å²) in [4.78, 5) is 36.3. The molecule has 0 saturated heterocycles. The van der Waals surface area contributed by atoms with Crippen LogP contribution in [0.1, 0.15) is 33.6 Å². The first kappa shape index (κ1) is 22.1. The van der Waals surface area contributed by atoms with Gasteiger partial charge in [-0.05, 0) is 29.8 Å². The van der Waals surface area contributed by atoms with Crippen molar-refractivity contribution in [3.05, 3.63) is 45.3 Å². The quantitative estimate of drug-likeness (QED) is 0.481.